The number of hydrogen-bond donors (Lipinski definition) is 0. The Hall–Kier alpha value is -1.30. The largest absolute Gasteiger partial charge is 0.275 e. The van der Waals surface area contributed by atoms with E-state index in [-0.39, 0.29) is 10.8 Å². The number of aromatic nitrogens is 2. The summed E-state index contributed by atoms with van der Waals surface area (Å²) < 4.78 is 1.84. The minimum absolute atomic E-state index is 0.00995. The van der Waals surface area contributed by atoms with Crippen LogP contribution in [-0.4, -0.2) is 9.78 Å². The summed E-state index contributed by atoms with van der Waals surface area (Å²) in [6, 6.07) is 2.50. The van der Waals surface area contributed by atoms with Crippen molar-refractivity contribution >= 4 is 0 Å². The predicted molar refractivity (Wildman–Crippen MR) is 63.1 cm³/mol. The number of hydrogen-bond acceptors (Lipinski definition) is 2. The van der Waals surface area contributed by atoms with Gasteiger partial charge in [-0.1, -0.05) is 20.8 Å². The number of nitriles is 1. The first kappa shape index (κ1) is 11.2. The first-order valence-corrected chi connectivity index (χ1v) is 5.85. The summed E-state index contributed by atoms with van der Waals surface area (Å²) in [5.74, 6) is 0. The zero-order valence-corrected chi connectivity index (χ0v) is 10.5. The third-order valence-electron chi connectivity index (χ3n) is 3.48. The first-order valence-electron chi connectivity index (χ1n) is 5.85. The van der Waals surface area contributed by atoms with Crippen molar-refractivity contribution in [3.8, 4) is 6.07 Å². The third-order valence-corrected chi connectivity index (χ3v) is 3.48. The van der Waals surface area contributed by atoms with Gasteiger partial charge in [0, 0.05) is 24.2 Å². The Labute approximate surface area is 97.1 Å². The van der Waals surface area contributed by atoms with Gasteiger partial charge in [0.25, 0.3) is 0 Å². The van der Waals surface area contributed by atoms with Gasteiger partial charge in [0.2, 0.25) is 0 Å². The monoisotopic (exact) mass is 217 g/mol. The smallest absolute Gasteiger partial charge is 0.0855 e. The molecular formula is C13H19N3. The average molecular weight is 217 g/mol. The summed E-state index contributed by atoms with van der Waals surface area (Å²) in [5, 5.41) is 13.9. The van der Waals surface area contributed by atoms with Gasteiger partial charge in [0.1, 0.15) is 0 Å². The highest BCUT2D eigenvalue weighted by Crippen LogP contribution is 2.46. The van der Waals surface area contributed by atoms with Gasteiger partial charge in [-0.25, -0.2) is 0 Å². The quantitative estimate of drug-likeness (QED) is 0.725. The van der Waals surface area contributed by atoms with Crippen LogP contribution in [0.25, 0.3) is 0 Å². The Morgan fingerprint density at radius 3 is 2.44 bits per heavy atom. The van der Waals surface area contributed by atoms with Crippen molar-refractivity contribution in [2.45, 2.75) is 50.9 Å². The number of aryl methyl sites for hydroxylation is 1. The Morgan fingerprint density at radius 1 is 1.44 bits per heavy atom. The standard InChI is InChI=1S/C13H19N3/c1-12(2,3)11-10(8-16(4)15-11)13(9-14)6-5-7-13/h8H,5-7H2,1-4H3. The highest BCUT2D eigenvalue weighted by molar-refractivity contribution is 5.39. The molecule has 0 bridgehead atoms. The zero-order chi connectivity index (χ0) is 12.0. The van der Waals surface area contributed by atoms with E-state index in [1.54, 1.807) is 0 Å². The van der Waals surface area contributed by atoms with Crippen LogP contribution in [0.1, 0.15) is 51.3 Å². The van der Waals surface area contributed by atoms with Gasteiger partial charge < -0.3 is 0 Å². The SMILES string of the molecule is Cn1cc(C2(C#N)CCC2)c(C(C)(C)C)n1. The van der Waals surface area contributed by atoms with Crippen LogP contribution in [0.2, 0.25) is 0 Å². The van der Waals surface area contributed by atoms with E-state index < -0.39 is 0 Å². The predicted octanol–water partition coefficient (Wildman–Crippen LogP) is 2.66. The summed E-state index contributed by atoms with van der Waals surface area (Å²) in [4.78, 5) is 0. The minimum Gasteiger partial charge on any atom is -0.275 e. The van der Waals surface area contributed by atoms with Crippen molar-refractivity contribution < 1.29 is 0 Å². The highest BCUT2D eigenvalue weighted by atomic mass is 15.3. The van der Waals surface area contributed by atoms with E-state index in [1.807, 2.05) is 17.9 Å². The minimum atomic E-state index is -0.253. The van der Waals surface area contributed by atoms with E-state index in [0.29, 0.717) is 0 Å². The fourth-order valence-corrected chi connectivity index (χ4v) is 2.36. The molecule has 1 heterocycles. The Bertz CT molecular complexity index is 439. The van der Waals surface area contributed by atoms with Crippen molar-refractivity contribution in [2.75, 3.05) is 0 Å². The van der Waals surface area contributed by atoms with Gasteiger partial charge in [-0.05, 0) is 19.3 Å². The Kier molecular flexibility index (Phi) is 2.34. The van der Waals surface area contributed by atoms with Crippen LogP contribution in [-0.2, 0) is 17.9 Å². The molecule has 0 spiro atoms. The Balaban J connectivity index is 2.53. The van der Waals surface area contributed by atoms with Crippen molar-refractivity contribution in [3.05, 3.63) is 17.5 Å². The molecule has 3 nitrogen and oxygen atoms in total. The summed E-state index contributed by atoms with van der Waals surface area (Å²) in [6.45, 7) is 6.47. The second-order valence-corrected chi connectivity index (χ2v) is 5.86. The lowest BCUT2D eigenvalue weighted by molar-refractivity contribution is 0.318. The van der Waals surface area contributed by atoms with Gasteiger partial charge in [-0.15, -0.1) is 0 Å². The van der Waals surface area contributed by atoms with E-state index in [1.165, 1.54) is 0 Å². The summed E-state index contributed by atoms with van der Waals surface area (Å²) in [6.07, 6.45) is 5.16. The molecule has 1 aliphatic rings. The van der Waals surface area contributed by atoms with Crippen LogP contribution in [0.15, 0.2) is 6.20 Å². The second kappa shape index (κ2) is 3.35. The van der Waals surface area contributed by atoms with Gasteiger partial charge in [-0.3, -0.25) is 4.68 Å². The van der Waals surface area contributed by atoms with E-state index in [2.05, 4.69) is 31.9 Å². The van der Waals surface area contributed by atoms with E-state index in [4.69, 9.17) is 0 Å². The molecule has 86 valence electrons. The lowest BCUT2D eigenvalue weighted by Crippen LogP contribution is -2.34. The van der Waals surface area contributed by atoms with Crippen molar-refractivity contribution in [1.82, 2.24) is 9.78 Å². The highest BCUT2D eigenvalue weighted by Gasteiger charge is 2.43. The molecule has 0 aliphatic heterocycles. The maximum absolute atomic E-state index is 9.40. The summed E-state index contributed by atoms with van der Waals surface area (Å²) >= 11 is 0. The molecular weight excluding hydrogens is 198 g/mol. The van der Waals surface area contributed by atoms with Gasteiger partial charge in [-0.2, -0.15) is 10.4 Å². The van der Waals surface area contributed by atoms with Gasteiger partial charge in [0.05, 0.1) is 17.2 Å². The fraction of sp³-hybridized carbons (Fsp3) is 0.692. The molecule has 1 aliphatic carbocycles. The lowest BCUT2D eigenvalue weighted by Gasteiger charge is -2.36. The molecule has 0 radical (unpaired) electrons. The van der Waals surface area contributed by atoms with Gasteiger partial charge in [0.15, 0.2) is 0 Å². The molecule has 1 aromatic heterocycles. The molecule has 1 saturated carbocycles. The van der Waals surface area contributed by atoms with Crippen LogP contribution >= 0.6 is 0 Å². The molecule has 0 unspecified atom stereocenters. The van der Waals surface area contributed by atoms with Gasteiger partial charge >= 0.3 is 0 Å². The first-order chi connectivity index (χ1) is 7.39. The zero-order valence-electron chi connectivity index (χ0n) is 10.5. The normalized spacial score (nSPS) is 18.9. The molecule has 0 atom stereocenters. The fourth-order valence-electron chi connectivity index (χ4n) is 2.36. The molecule has 1 aromatic rings. The van der Waals surface area contributed by atoms with E-state index in [9.17, 15) is 5.26 Å². The maximum Gasteiger partial charge on any atom is 0.0855 e. The van der Waals surface area contributed by atoms with Crippen LogP contribution in [0, 0.1) is 11.3 Å². The number of rotatable bonds is 1. The molecule has 3 heteroatoms. The summed E-state index contributed by atoms with van der Waals surface area (Å²) in [7, 11) is 1.93. The van der Waals surface area contributed by atoms with E-state index >= 15 is 0 Å². The molecule has 0 N–H and O–H groups in total. The third kappa shape index (κ3) is 1.53. The molecule has 0 aromatic carbocycles. The molecule has 0 amide bonds. The van der Waals surface area contributed by atoms with Crippen molar-refractivity contribution in [1.29, 1.82) is 5.26 Å². The van der Waals surface area contributed by atoms with Crippen molar-refractivity contribution in [2.24, 2.45) is 7.05 Å². The molecule has 2 rings (SSSR count). The van der Waals surface area contributed by atoms with E-state index in [0.717, 1.165) is 30.5 Å². The van der Waals surface area contributed by atoms with Crippen LogP contribution in [0.4, 0.5) is 0 Å². The second-order valence-electron chi connectivity index (χ2n) is 5.86. The van der Waals surface area contributed by atoms with Crippen LogP contribution < -0.4 is 0 Å². The number of nitrogens with zero attached hydrogens (tertiary/aromatic N) is 3. The van der Waals surface area contributed by atoms with Crippen LogP contribution in [0.5, 0.6) is 0 Å². The lowest BCUT2D eigenvalue weighted by atomic mass is 9.64. The maximum atomic E-state index is 9.40. The molecule has 1 fully saturated rings. The Morgan fingerprint density at radius 2 is 2.06 bits per heavy atom. The van der Waals surface area contributed by atoms with Crippen LogP contribution in [0.3, 0.4) is 0 Å². The summed E-state index contributed by atoms with van der Waals surface area (Å²) in [5.41, 5.74) is 1.99. The molecule has 0 saturated heterocycles. The topological polar surface area (TPSA) is 41.6 Å². The average Bonchev–Trinajstić information content (AvgIpc) is 2.46. The molecule has 16 heavy (non-hydrogen) atoms. The van der Waals surface area contributed by atoms with Crippen molar-refractivity contribution in [3.63, 3.8) is 0 Å².